The molecule has 3 heterocycles. The number of ether oxygens (including phenoxy) is 1. The maximum absolute atomic E-state index is 5.36. The molecule has 3 aliphatic heterocycles. The Bertz CT molecular complexity index is 240. The Kier molecular flexibility index (Phi) is 2.49. The second-order valence-electron chi connectivity index (χ2n) is 5.75. The van der Waals surface area contributed by atoms with Crippen molar-refractivity contribution in [3.8, 4) is 0 Å². The quantitative estimate of drug-likeness (QED) is 0.670. The lowest BCUT2D eigenvalue weighted by atomic mass is 9.85. The lowest BCUT2D eigenvalue weighted by molar-refractivity contribution is -0.105. The third-order valence-corrected chi connectivity index (χ3v) is 4.47. The van der Waals surface area contributed by atoms with Crippen LogP contribution in [0.4, 0.5) is 0 Å². The van der Waals surface area contributed by atoms with Gasteiger partial charge in [-0.3, -0.25) is 0 Å². The molecule has 3 fully saturated rings. The van der Waals surface area contributed by atoms with Crippen molar-refractivity contribution in [3.05, 3.63) is 0 Å². The van der Waals surface area contributed by atoms with Gasteiger partial charge < -0.3 is 14.5 Å². The summed E-state index contributed by atoms with van der Waals surface area (Å²) in [6.45, 7) is 7.21. The van der Waals surface area contributed by atoms with Gasteiger partial charge in [-0.05, 0) is 39.4 Å². The maximum Gasteiger partial charge on any atom is 0.0557 e. The van der Waals surface area contributed by atoms with Crippen LogP contribution < -0.4 is 0 Å². The van der Waals surface area contributed by atoms with Crippen molar-refractivity contribution in [2.45, 2.75) is 25.3 Å². The molecule has 86 valence electrons. The van der Waals surface area contributed by atoms with Gasteiger partial charge in [-0.1, -0.05) is 0 Å². The van der Waals surface area contributed by atoms with E-state index in [9.17, 15) is 0 Å². The Balaban J connectivity index is 1.52. The average molecular weight is 210 g/mol. The van der Waals surface area contributed by atoms with Gasteiger partial charge in [0, 0.05) is 24.5 Å². The van der Waals surface area contributed by atoms with Crippen molar-refractivity contribution >= 4 is 0 Å². The van der Waals surface area contributed by atoms with E-state index in [0.29, 0.717) is 5.41 Å². The first-order chi connectivity index (χ1) is 7.27. The van der Waals surface area contributed by atoms with Gasteiger partial charge in [0.25, 0.3) is 0 Å². The van der Waals surface area contributed by atoms with Crippen LogP contribution in [0.5, 0.6) is 0 Å². The lowest BCUT2D eigenvalue weighted by Crippen LogP contribution is -2.46. The summed E-state index contributed by atoms with van der Waals surface area (Å²) in [6.07, 6.45) is 4.16. The monoisotopic (exact) mass is 210 g/mol. The van der Waals surface area contributed by atoms with E-state index in [4.69, 9.17) is 4.74 Å². The van der Waals surface area contributed by atoms with Crippen LogP contribution in [0.15, 0.2) is 0 Å². The van der Waals surface area contributed by atoms with E-state index in [2.05, 4.69) is 16.8 Å². The Hall–Kier alpha value is -0.120. The molecule has 3 nitrogen and oxygen atoms in total. The van der Waals surface area contributed by atoms with Crippen molar-refractivity contribution in [2.75, 3.05) is 46.4 Å². The molecule has 0 bridgehead atoms. The summed E-state index contributed by atoms with van der Waals surface area (Å²) >= 11 is 0. The minimum atomic E-state index is 0.567. The first kappa shape index (κ1) is 10.1. The van der Waals surface area contributed by atoms with Crippen LogP contribution in [0.2, 0.25) is 0 Å². The zero-order valence-electron chi connectivity index (χ0n) is 9.74. The zero-order valence-corrected chi connectivity index (χ0v) is 9.74. The van der Waals surface area contributed by atoms with E-state index in [1.807, 2.05) is 0 Å². The fourth-order valence-electron chi connectivity index (χ4n) is 3.32. The van der Waals surface area contributed by atoms with Crippen LogP contribution in [0.1, 0.15) is 19.3 Å². The first-order valence-electron chi connectivity index (χ1n) is 6.28. The van der Waals surface area contributed by atoms with Gasteiger partial charge in [-0.15, -0.1) is 0 Å². The number of nitrogens with zero attached hydrogens (tertiary/aromatic N) is 2. The highest BCUT2D eigenvalue weighted by atomic mass is 16.5. The Morgan fingerprint density at radius 1 is 1.33 bits per heavy atom. The molecule has 3 heteroatoms. The minimum Gasteiger partial charge on any atom is -0.380 e. The van der Waals surface area contributed by atoms with Crippen molar-refractivity contribution in [1.82, 2.24) is 9.80 Å². The topological polar surface area (TPSA) is 15.7 Å². The summed E-state index contributed by atoms with van der Waals surface area (Å²) in [5, 5.41) is 0. The molecule has 1 spiro atoms. The summed E-state index contributed by atoms with van der Waals surface area (Å²) in [6, 6.07) is 0.821. The molecule has 0 aliphatic carbocycles. The highest BCUT2D eigenvalue weighted by Crippen LogP contribution is 2.37. The highest BCUT2D eigenvalue weighted by molar-refractivity contribution is 4.95. The predicted octanol–water partition coefficient (Wildman–Crippen LogP) is 0.803. The Morgan fingerprint density at radius 2 is 2.20 bits per heavy atom. The summed E-state index contributed by atoms with van der Waals surface area (Å²) in [5.74, 6) is 0. The third-order valence-electron chi connectivity index (χ3n) is 4.47. The van der Waals surface area contributed by atoms with Crippen LogP contribution >= 0.6 is 0 Å². The van der Waals surface area contributed by atoms with Crippen LogP contribution in [0, 0.1) is 5.41 Å². The second-order valence-corrected chi connectivity index (χ2v) is 5.75. The van der Waals surface area contributed by atoms with Gasteiger partial charge >= 0.3 is 0 Å². The average Bonchev–Trinajstić information content (AvgIpc) is 2.74. The molecule has 3 aliphatic rings. The van der Waals surface area contributed by atoms with E-state index in [1.165, 1.54) is 45.4 Å². The maximum atomic E-state index is 5.36. The van der Waals surface area contributed by atoms with Gasteiger partial charge in [-0.2, -0.15) is 0 Å². The number of likely N-dealkylation sites (N-methyl/N-ethyl adjacent to an activating group) is 1. The molecule has 1 atom stereocenters. The molecule has 0 aromatic carbocycles. The smallest absolute Gasteiger partial charge is 0.0557 e. The van der Waals surface area contributed by atoms with Crippen LogP contribution in [-0.2, 0) is 4.74 Å². The SMILES string of the molecule is CN1CCCC1CN1CCC2(COC2)C1. The lowest BCUT2D eigenvalue weighted by Gasteiger charge is -2.38. The molecule has 0 aromatic heterocycles. The second kappa shape index (κ2) is 3.72. The summed E-state index contributed by atoms with van der Waals surface area (Å²) in [4.78, 5) is 5.19. The standard InChI is InChI=1S/C12H22N2O/c1-13-5-2-3-11(13)7-14-6-4-12(8-14)9-15-10-12/h11H,2-10H2,1H3. The van der Waals surface area contributed by atoms with Crippen LogP contribution in [-0.4, -0.2) is 62.3 Å². The Morgan fingerprint density at radius 3 is 2.73 bits per heavy atom. The van der Waals surface area contributed by atoms with Crippen molar-refractivity contribution < 1.29 is 4.74 Å². The number of rotatable bonds is 2. The zero-order chi connectivity index (χ0) is 10.3. The van der Waals surface area contributed by atoms with E-state index < -0.39 is 0 Å². The fourth-order valence-corrected chi connectivity index (χ4v) is 3.32. The largest absolute Gasteiger partial charge is 0.380 e. The summed E-state index contributed by atoms with van der Waals surface area (Å²) in [7, 11) is 2.27. The Labute approximate surface area is 92.4 Å². The van der Waals surface area contributed by atoms with Crippen molar-refractivity contribution in [3.63, 3.8) is 0 Å². The molecule has 0 N–H and O–H groups in total. The molecular weight excluding hydrogens is 188 g/mol. The fraction of sp³-hybridized carbons (Fsp3) is 1.00. The van der Waals surface area contributed by atoms with Crippen molar-refractivity contribution in [2.24, 2.45) is 5.41 Å². The minimum absolute atomic E-state index is 0.567. The number of hydrogen-bond donors (Lipinski definition) is 0. The molecule has 0 amide bonds. The van der Waals surface area contributed by atoms with Gasteiger partial charge in [0.1, 0.15) is 0 Å². The molecule has 0 saturated carbocycles. The molecule has 15 heavy (non-hydrogen) atoms. The van der Waals surface area contributed by atoms with E-state index in [0.717, 1.165) is 19.3 Å². The van der Waals surface area contributed by atoms with Crippen LogP contribution in [0.3, 0.4) is 0 Å². The number of likely N-dealkylation sites (tertiary alicyclic amines) is 2. The molecular formula is C12H22N2O. The molecule has 0 radical (unpaired) electrons. The highest BCUT2D eigenvalue weighted by Gasteiger charge is 2.44. The van der Waals surface area contributed by atoms with Gasteiger partial charge in [-0.25, -0.2) is 0 Å². The van der Waals surface area contributed by atoms with E-state index in [-0.39, 0.29) is 0 Å². The summed E-state index contributed by atoms with van der Waals surface area (Å²) in [5.41, 5.74) is 0.567. The number of hydrogen-bond acceptors (Lipinski definition) is 3. The third kappa shape index (κ3) is 1.81. The predicted molar refractivity (Wildman–Crippen MR) is 60.0 cm³/mol. The normalized spacial score (nSPS) is 36.2. The van der Waals surface area contributed by atoms with E-state index >= 15 is 0 Å². The van der Waals surface area contributed by atoms with Gasteiger partial charge in [0.05, 0.1) is 13.2 Å². The molecule has 3 rings (SSSR count). The molecule has 0 aromatic rings. The molecule has 3 saturated heterocycles. The van der Waals surface area contributed by atoms with Gasteiger partial charge in [0.2, 0.25) is 0 Å². The van der Waals surface area contributed by atoms with Crippen LogP contribution in [0.25, 0.3) is 0 Å². The van der Waals surface area contributed by atoms with E-state index in [1.54, 1.807) is 0 Å². The molecule has 1 unspecified atom stereocenters. The summed E-state index contributed by atoms with van der Waals surface area (Å²) < 4.78 is 5.36. The van der Waals surface area contributed by atoms with Gasteiger partial charge in [0.15, 0.2) is 0 Å². The first-order valence-corrected chi connectivity index (χ1v) is 6.28. The van der Waals surface area contributed by atoms with Crippen molar-refractivity contribution in [1.29, 1.82) is 0 Å².